The summed E-state index contributed by atoms with van der Waals surface area (Å²) >= 11 is 3.10. The van der Waals surface area contributed by atoms with E-state index in [-0.39, 0.29) is 11.7 Å². The smallest absolute Gasteiger partial charge is 0.234 e. The zero-order valence-corrected chi connectivity index (χ0v) is 16.5. The first-order valence-electron chi connectivity index (χ1n) is 8.81. The van der Waals surface area contributed by atoms with Gasteiger partial charge < -0.3 is 10.1 Å². The van der Waals surface area contributed by atoms with Gasteiger partial charge in [-0.05, 0) is 31.2 Å². The molecule has 0 aliphatic heterocycles. The number of ether oxygens (including phenoxy) is 1. The lowest BCUT2D eigenvalue weighted by molar-refractivity contribution is -0.113. The van der Waals surface area contributed by atoms with Crippen LogP contribution in [-0.4, -0.2) is 36.9 Å². The maximum absolute atomic E-state index is 13.1. The summed E-state index contributed by atoms with van der Waals surface area (Å²) in [6, 6.07) is 9.32. The number of amides is 1. The molecule has 0 bridgehead atoms. The van der Waals surface area contributed by atoms with Gasteiger partial charge in [-0.2, -0.15) is 0 Å². The Bertz CT molecular complexity index is 771. The number of rotatable bonds is 8. The first-order valence-corrected chi connectivity index (χ1v) is 10.8. The van der Waals surface area contributed by atoms with Gasteiger partial charge in [0.1, 0.15) is 5.00 Å². The monoisotopic (exact) mass is 389 g/mol. The lowest BCUT2D eigenvalue weighted by Gasteiger charge is -2.12. The molecule has 1 aliphatic rings. The van der Waals surface area contributed by atoms with Crippen molar-refractivity contribution in [3.63, 3.8) is 0 Å². The van der Waals surface area contributed by atoms with E-state index in [1.807, 2.05) is 30.3 Å². The number of benzene rings is 1. The van der Waals surface area contributed by atoms with Crippen LogP contribution in [0.25, 0.3) is 0 Å². The van der Waals surface area contributed by atoms with Gasteiger partial charge in [0.05, 0.1) is 17.9 Å². The summed E-state index contributed by atoms with van der Waals surface area (Å²) in [5.74, 6) is 1.09. The number of ketones is 1. The molecule has 2 aromatic rings. The SMILES string of the molecule is COCCSCC(=O)Nc1sc2c(c1C(=O)c1ccccc1)CCCC2. The third-order valence-corrected chi connectivity index (χ3v) is 6.48. The Kier molecular flexibility index (Phi) is 6.88. The predicted octanol–water partition coefficient (Wildman–Crippen LogP) is 4.18. The average Bonchev–Trinajstić information content (AvgIpc) is 3.03. The average molecular weight is 390 g/mol. The molecule has 1 aromatic carbocycles. The second-order valence-electron chi connectivity index (χ2n) is 6.20. The van der Waals surface area contributed by atoms with Crippen molar-refractivity contribution in [2.45, 2.75) is 25.7 Å². The van der Waals surface area contributed by atoms with Gasteiger partial charge in [0.25, 0.3) is 0 Å². The van der Waals surface area contributed by atoms with Gasteiger partial charge in [-0.15, -0.1) is 23.1 Å². The highest BCUT2D eigenvalue weighted by Crippen LogP contribution is 2.39. The van der Waals surface area contributed by atoms with Gasteiger partial charge in [-0.1, -0.05) is 30.3 Å². The van der Waals surface area contributed by atoms with E-state index >= 15 is 0 Å². The molecule has 0 unspecified atom stereocenters. The Morgan fingerprint density at radius 3 is 2.73 bits per heavy atom. The number of fused-ring (bicyclic) bond motifs is 1. The van der Waals surface area contributed by atoms with Gasteiger partial charge in [-0.3, -0.25) is 9.59 Å². The van der Waals surface area contributed by atoms with Crippen LogP contribution < -0.4 is 5.32 Å². The Morgan fingerprint density at radius 2 is 1.96 bits per heavy atom. The van der Waals surface area contributed by atoms with Crippen LogP contribution in [0, 0.1) is 0 Å². The first-order chi connectivity index (χ1) is 12.7. The number of carbonyl (C=O) groups is 2. The fourth-order valence-corrected chi connectivity index (χ4v) is 5.09. The summed E-state index contributed by atoms with van der Waals surface area (Å²) in [7, 11) is 1.65. The van der Waals surface area contributed by atoms with Crippen LogP contribution in [0.1, 0.15) is 39.2 Å². The molecule has 1 aromatic heterocycles. The van der Waals surface area contributed by atoms with Crippen LogP contribution in [-0.2, 0) is 22.4 Å². The molecule has 1 amide bonds. The summed E-state index contributed by atoms with van der Waals surface area (Å²) in [5, 5.41) is 3.70. The van der Waals surface area contributed by atoms with Crippen LogP contribution in [0.3, 0.4) is 0 Å². The molecule has 0 spiro atoms. The van der Waals surface area contributed by atoms with E-state index in [9.17, 15) is 9.59 Å². The lowest BCUT2D eigenvalue weighted by atomic mass is 9.92. The molecule has 1 N–H and O–H groups in total. The summed E-state index contributed by atoms with van der Waals surface area (Å²) in [5.41, 5.74) is 2.51. The van der Waals surface area contributed by atoms with Gasteiger partial charge in [0.15, 0.2) is 5.78 Å². The third-order valence-electron chi connectivity index (χ3n) is 4.35. The number of nitrogens with one attached hydrogen (secondary N) is 1. The van der Waals surface area contributed by atoms with Gasteiger partial charge in [0, 0.05) is 23.3 Å². The van der Waals surface area contributed by atoms with E-state index in [0.717, 1.165) is 37.0 Å². The molecule has 0 fully saturated rings. The zero-order valence-electron chi connectivity index (χ0n) is 14.9. The molecule has 138 valence electrons. The number of anilines is 1. The molecule has 1 heterocycles. The molecule has 4 nitrogen and oxygen atoms in total. The summed E-state index contributed by atoms with van der Waals surface area (Å²) in [4.78, 5) is 26.7. The topological polar surface area (TPSA) is 55.4 Å². The molecule has 6 heteroatoms. The highest BCUT2D eigenvalue weighted by Gasteiger charge is 2.26. The summed E-state index contributed by atoms with van der Waals surface area (Å²) in [6.07, 6.45) is 4.15. The molecule has 3 rings (SSSR count). The Hall–Kier alpha value is -1.63. The largest absolute Gasteiger partial charge is 0.384 e. The van der Waals surface area contributed by atoms with E-state index in [2.05, 4.69) is 5.32 Å². The predicted molar refractivity (Wildman–Crippen MR) is 109 cm³/mol. The third kappa shape index (κ3) is 4.55. The number of thioether (sulfide) groups is 1. The van der Waals surface area contributed by atoms with Gasteiger partial charge >= 0.3 is 0 Å². The standard InChI is InChI=1S/C20H23NO3S2/c1-24-11-12-25-13-17(22)21-20-18(15-9-5-6-10-16(15)26-20)19(23)14-7-3-2-4-8-14/h2-4,7-8H,5-6,9-13H2,1H3,(H,21,22). The second kappa shape index (κ2) is 9.35. The number of carbonyl (C=O) groups excluding carboxylic acids is 2. The molecule has 1 aliphatic carbocycles. The van der Waals surface area contributed by atoms with Crippen molar-refractivity contribution in [2.24, 2.45) is 0 Å². The van der Waals surface area contributed by atoms with Crippen LogP contribution in [0.4, 0.5) is 5.00 Å². The van der Waals surface area contributed by atoms with Crippen molar-refractivity contribution in [1.82, 2.24) is 0 Å². The van der Waals surface area contributed by atoms with E-state index < -0.39 is 0 Å². The van der Waals surface area contributed by atoms with E-state index in [1.54, 1.807) is 18.4 Å². The molecule has 0 saturated carbocycles. The minimum absolute atomic E-state index is 0.00679. The molecule has 0 radical (unpaired) electrons. The number of aryl methyl sites for hydroxylation is 1. The quantitative estimate of drug-likeness (QED) is 0.544. The maximum Gasteiger partial charge on any atom is 0.234 e. The van der Waals surface area contributed by atoms with Crippen LogP contribution in [0.2, 0.25) is 0 Å². The van der Waals surface area contributed by atoms with Crippen LogP contribution in [0.5, 0.6) is 0 Å². The molecule has 0 atom stereocenters. The Labute approximate surface area is 162 Å². The zero-order chi connectivity index (χ0) is 18.4. The number of thiophene rings is 1. The van der Waals surface area contributed by atoms with Crippen molar-refractivity contribution < 1.29 is 14.3 Å². The highest BCUT2D eigenvalue weighted by atomic mass is 32.2. The van der Waals surface area contributed by atoms with Crippen molar-refractivity contribution in [1.29, 1.82) is 0 Å². The molecular weight excluding hydrogens is 366 g/mol. The second-order valence-corrected chi connectivity index (χ2v) is 8.41. The minimum atomic E-state index is -0.0631. The summed E-state index contributed by atoms with van der Waals surface area (Å²) < 4.78 is 5.00. The summed E-state index contributed by atoms with van der Waals surface area (Å²) in [6.45, 7) is 0.628. The van der Waals surface area contributed by atoms with Crippen LogP contribution >= 0.6 is 23.1 Å². The lowest BCUT2D eigenvalue weighted by Crippen LogP contribution is -2.17. The Morgan fingerprint density at radius 1 is 1.19 bits per heavy atom. The van der Waals surface area contributed by atoms with E-state index in [1.165, 1.54) is 16.6 Å². The van der Waals surface area contributed by atoms with Crippen LogP contribution in [0.15, 0.2) is 30.3 Å². The molecule has 26 heavy (non-hydrogen) atoms. The highest BCUT2D eigenvalue weighted by molar-refractivity contribution is 7.99. The minimum Gasteiger partial charge on any atom is -0.384 e. The number of methoxy groups -OCH3 is 1. The fourth-order valence-electron chi connectivity index (χ4n) is 3.10. The van der Waals surface area contributed by atoms with E-state index in [0.29, 0.717) is 28.5 Å². The van der Waals surface area contributed by atoms with Crippen molar-refractivity contribution in [2.75, 3.05) is 30.5 Å². The number of hydrogen-bond acceptors (Lipinski definition) is 5. The first kappa shape index (κ1) is 19.1. The molecular formula is C20H23NO3S2. The van der Waals surface area contributed by atoms with Gasteiger partial charge in [-0.25, -0.2) is 0 Å². The fraction of sp³-hybridized carbons (Fsp3) is 0.400. The van der Waals surface area contributed by atoms with E-state index in [4.69, 9.17) is 4.74 Å². The van der Waals surface area contributed by atoms with Gasteiger partial charge in [0.2, 0.25) is 5.91 Å². The van der Waals surface area contributed by atoms with Crippen molar-refractivity contribution in [3.8, 4) is 0 Å². The van der Waals surface area contributed by atoms with Crippen molar-refractivity contribution >= 4 is 39.8 Å². The van der Waals surface area contributed by atoms with Crippen molar-refractivity contribution in [3.05, 3.63) is 51.9 Å². The number of hydrogen-bond donors (Lipinski definition) is 1. The normalized spacial score (nSPS) is 13.3. The maximum atomic E-state index is 13.1. The molecule has 0 saturated heterocycles. The Balaban J connectivity index is 1.82.